The predicted octanol–water partition coefficient (Wildman–Crippen LogP) is 2.07. The summed E-state index contributed by atoms with van der Waals surface area (Å²) in [5.74, 6) is 0.541. The third-order valence-electron chi connectivity index (χ3n) is 4.02. The normalized spacial score (nSPS) is 18.6. The zero-order valence-electron chi connectivity index (χ0n) is 11.6. The van der Waals surface area contributed by atoms with E-state index in [0.717, 1.165) is 19.4 Å². The maximum absolute atomic E-state index is 11.4. The summed E-state index contributed by atoms with van der Waals surface area (Å²) >= 11 is 0. The number of nitro groups is 1. The lowest BCUT2D eigenvalue weighted by Gasteiger charge is -2.24. The Labute approximate surface area is 122 Å². The Balaban J connectivity index is 1.97. The van der Waals surface area contributed by atoms with Gasteiger partial charge in [-0.2, -0.15) is 0 Å². The van der Waals surface area contributed by atoms with Gasteiger partial charge in [-0.1, -0.05) is 5.16 Å². The summed E-state index contributed by atoms with van der Waals surface area (Å²) < 4.78 is 0. The molecule has 0 heterocycles. The van der Waals surface area contributed by atoms with Crippen molar-refractivity contribution in [2.45, 2.75) is 31.7 Å². The van der Waals surface area contributed by atoms with E-state index in [0.29, 0.717) is 23.2 Å². The second-order valence-corrected chi connectivity index (χ2v) is 5.77. The Morgan fingerprint density at radius 2 is 2.14 bits per heavy atom. The van der Waals surface area contributed by atoms with Crippen molar-refractivity contribution in [3.8, 4) is 0 Å². The van der Waals surface area contributed by atoms with E-state index in [4.69, 9.17) is 10.9 Å². The predicted molar refractivity (Wildman–Crippen MR) is 78.7 cm³/mol. The van der Waals surface area contributed by atoms with Gasteiger partial charge in [0, 0.05) is 24.2 Å². The number of benzene rings is 1. The lowest BCUT2D eigenvalue weighted by atomic mass is 10.1. The molecule has 0 spiro atoms. The molecule has 21 heavy (non-hydrogen) atoms. The van der Waals surface area contributed by atoms with Crippen LogP contribution in [0.2, 0.25) is 0 Å². The molecule has 3 N–H and O–H groups in total. The summed E-state index contributed by atoms with van der Waals surface area (Å²) in [5, 5.41) is 23.0. The second kappa shape index (κ2) is 5.23. The molecule has 7 nitrogen and oxygen atoms in total. The van der Waals surface area contributed by atoms with Crippen molar-refractivity contribution in [2.24, 2.45) is 16.8 Å². The third kappa shape index (κ3) is 2.91. The molecule has 0 aliphatic heterocycles. The van der Waals surface area contributed by atoms with Crippen LogP contribution in [0.4, 0.5) is 11.4 Å². The quantitative estimate of drug-likeness (QED) is 0.274. The highest BCUT2D eigenvalue weighted by molar-refractivity contribution is 5.98. The summed E-state index contributed by atoms with van der Waals surface area (Å²) in [7, 11) is 0. The number of oxime groups is 1. The zero-order valence-corrected chi connectivity index (χ0v) is 11.6. The lowest BCUT2D eigenvalue weighted by molar-refractivity contribution is -0.384. The summed E-state index contributed by atoms with van der Waals surface area (Å²) in [6.07, 6.45) is 4.59. The Kier molecular flexibility index (Phi) is 3.40. The molecule has 112 valence electrons. The van der Waals surface area contributed by atoms with Crippen molar-refractivity contribution in [3.63, 3.8) is 0 Å². The van der Waals surface area contributed by atoms with Crippen molar-refractivity contribution in [2.75, 3.05) is 11.4 Å². The van der Waals surface area contributed by atoms with Crippen LogP contribution in [0.5, 0.6) is 0 Å². The lowest BCUT2D eigenvalue weighted by Crippen LogP contribution is -2.29. The van der Waals surface area contributed by atoms with E-state index in [9.17, 15) is 10.1 Å². The molecule has 0 aromatic heterocycles. The molecule has 0 saturated heterocycles. The van der Waals surface area contributed by atoms with Gasteiger partial charge in [-0.3, -0.25) is 10.1 Å². The average Bonchev–Trinajstić information content (AvgIpc) is 3.36. The first kappa shape index (κ1) is 13.7. The van der Waals surface area contributed by atoms with Gasteiger partial charge in [0.2, 0.25) is 0 Å². The number of rotatable bonds is 6. The molecule has 3 rings (SSSR count). The van der Waals surface area contributed by atoms with E-state index in [1.807, 2.05) is 0 Å². The van der Waals surface area contributed by atoms with Crippen molar-refractivity contribution < 1.29 is 10.1 Å². The minimum Gasteiger partial charge on any atom is -0.409 e. The minimum absolute atomic E-state index is 0.0200. The minimum atomic E-state index is -0.397. The summed E-state index contributed by atoms with van der Waals surface area (Å²) in [6, 6.07) is 5.18. The van der Waals surface area contributed by atoms with E-state index >= 15 is 0 Å². The van der Waals surface area contributed by atoms with Gasteiger partial charge in [0.15, 0.2) is 5.84 Å². The van der Waals surface area contributed by atoms with E-state index in [-0.39, 0.29) is 11.5 Å². The number of nitrogens with zero attached hydrogens (tertiary/aromatic N) is 3. The number of nitrogens with two attached hydrogens (primary N) is 1. The van der Waals surface area contributed by atoms with Gasteiger partial charge in [-0.15, -0.1) is 0 Å². The highest BCUT2D eigenvalue weighted by Crippen LogP contribution is 2.41. The van der Waals surface area contributed by atoms with Gasteiger partial charge in [0.05, 0.1) is 4.92 Å². The van der Waals surface area contributed by atoms with Crippen LogP contribution >= 0.6 is 0 Å². The fourth-order valence-electron chi connectivity index (χ4n) is 2.54. The van der Waals surface area contributed by atoms with Crippen molar-refractivity contribution in [1.29, 1.82) is 0 Å². The van der Waals surface area contributed by atoms with Crippen LogP contribution in [0.25, 0.3) is 0 Å². The standard InChI is InChI=1S/C14H18N4O3/c15-14(16-19)10-3-6-12(13(7-10)18(20)21)17(11-4-5-11)8-9-1-2-9/h3,6-7,9,11,19H,1-2,4-5,8H2,(H2,15,16). The Hall–Kier alpha value is -2.31. The first-order valence-electron chi connectivity index (χ1n) is 7.13. The van der Waals surface area contributed by atoms with Crippen LogP contribution in [0.3, 0.4) is 0 Å². The fourth-order valence-corrected chi connectivity index (χ4v) is 2.54. The van der Waals surface area contributed by atoms with Gasteiger partial charge in [-0.25, -0.2) is 0 Å². The molecular weight excluding hydrogens is 272 g/mol. The van der Waals surface area contributed by atoms with Crippen LogP contribution in [0.1, 0.15) is 31.2 Å². The maximum Gasteiger partial charge on any atom is 0.293 e. The van der Waals surface area contributed by atoms with E-state index in [1.165, 1.54) is 18.9 Å². The number of hydrogen-bond acceptors (Lipinski definition) is 5. The zero-order chi connectivity index (χ0) is 15.0. The summed E-state index contributed by atoms with van der Waals surface area (Å²) in [5.41, 5.74) is 6.54. The average molecular weight is 290 g/mol. The Bertz CT molecular complexity index is 594. The van der Waals surface area contributed by atoms with Gasteiger partial charge < -0.3 is 15.8 Å². The molecule has 2 aliphatic rings. The molecule has 1 aromatic rings. The number of amidine groups is 1. The molecule has 0 radical (unpaired) electrons. The first-order valence-corrected chi connectivity index (χ1v) is 7.13. The van der Waals surface area contributed by atoms with Crippen molar-refractivity contribution in [1.82, 2.24) is 0 Å². The van der Waals surface area contributed by atoms with Gasteiger partial charge >= 0.3 is 0 Å². The summed E-state index contributed by atoms with van der Waals surface area (Å²) in [6.45, 7) is 0.883. The number of anilines is 1. The van der Waals surface area contributed by atoms with Crippen LogP contribution in [-0.4, -0.2) is 28.6 Å². The Morgan fingerprint density at radius 1 is 1.43 bits per heavy atom. The maximum atomic E-state index is 11.4. The number of hydrogen-bond donors (Lipinski definition) is 2. The van der Waals surface area contributed by atoms with Crippen LogP contribution < -0.4 is 10.6 Å². The molecular formula is C14H18N4O3. The molecule has 2 fully saturated rings. The van der Waals surface area contributed by atoms with Gasteiger partial charge in [0.25, 0.3) is 5.69 Å². The van der Waals surface area contributed by atoms with Crippen molar-refractivity contribution in [3.05, 3.63) is 33.9 Å². The van der Waals surface area contributed by atoms with Gasteiger partial charge in [0.1, 0.15) is 5.69 Å². The first-order chi connectivity index (χ1) is 10.1. The molecule has 2 aliphatic carbocycles. The molecule has 2 saturated carbocycles. The topological polar surface area (TPSA) is 105 Å². The molecule has 1 aromatic carbocycles. The molecule has 0 atom stereocenters. The van der Waals surface area contributed by atoms with Crippen LogP contribution in [0.15, 0.2) is 23.4 Å². The van der Waals surface area contributed by atoms with Crippen molar-refractivity contribution >= 4 is 17.2 Å². The monoisotopic (exact) mass is 290 g/mol. The van der Waals surface area contributed by atoms with Crippen LogP contribution in [0, 0.1) is 16.0 Å². The van der Waals surface area contributed by atoms with E-state index in [1.54, 1.807) is 12.1 Å². The smallest absolute Gasteiger partial charge is 0.293 e. The summed E-state index contributed by atoms with van der Waals surface area (Å²) in [4.78, 5) is 13.1. The molecule has 7 heteroatoms. The fraction of sp³-hybridized carbons (Fsp3) is 0.500. The molecule has 0 amide bonds. The van der Waals surface area contributed by atoms with E-state index in [2.05, 4.69) is 10.1 Å². The van der Waals surface area contributed by atoms with E-state index < -0.39 is 4.92 Å². The Morgan fingerprint density at radius 3 is 2.67 bits per heavy atom. The number of nitro benzene ring substituents is 1. The highest BCUT2D eigenvalue weighted by atomic mass is 16.6. The molecule has 0 bridgehead atoms. The SMILES string of the molecule is NC(=NO)c1ccc(N(CC2CC2)C2CC2)c([N+](=O)[O-])c1. The third-order valence-corrected chi connectivity index (χ3v) is 4.02. The highest BCUT2D eigenvalue weighted by Gasteiger charge is 2.36. The van der Waals surface area contributed by atoms with Gasteiger partial charge in [-0.05, 0) is 43.7 Å². The van der Waals surface area contributed by atoms with Crippen LogP contribution in [-0.2, 0) is 0 Å². The molecule has 0 unspecified atom stereocenters. The largest absolute Gasteiger partial charge is 0.409 e. The second-order valence-electron chi connectivity index (χ2n) is 5.77.